The summed E-state index contributed by atoms with van der Waals surface area (Å²) in [6, 6.07) is 0. The van der Waals surface area contributed by atoms with Crippen LogP contribution < -0.4 is 0 Å². The summed E-state index contributed by atoms with van der Waals surface area (Å²) in [5, 5.41) is 7.76. The summed E-state index contributed by atoms with van der Waals surface area (Å²) in [6.45, 7) is 20.1. The Hall–Kier alpha value is -0.300. The lowest BCUT2D eigenvalue weighted by molar-refractivity contribution is -0.111. The van der Waals surface area contributed by atoms with Crippen LogP contribution in [0.1, 0.15) is 127 Å². The molecule has 1 heteroatoms. The number of hydrogen-bond donors (Lipinski definition) is 1. The van der Waals surface area contributed by atoms with E-state index >= 15 is 0 Å². The van der Waals surface area contributed by atoms with E-state index in [1.165, 1.54) is 57.4 Å². The maximum atomic E-state index is 7.76. The predicted molar refractivity (Wildman–Crippen MR) is 137 cm³/mol. The van der Waals surface area contributed by atoms with Crippen LogP contribution in [0.15, 0.2) is 12.7 Å². The SMILES string of the molecule is C.C=CCO.CC.CCC(C)CCC1(C)C(C)CCC2C3CCCCC3(C)CCC21. The van der Waals surface area contributed by atoms with Crippen molar-refractivity contribution in [2.45, 2.75) is 127 Å². The van der Waals surface area contributed by atoms with Crippen LogP contribution in [0.25, 0.3) is 0 Å². The second-order valence-electron chi connectivity index (χ2n) is 10.8. The molecule has 0 bridgehead atoms. The molecular weight excluding hydrogens is 364 g/mol. The zero-order chi connectivity index (χ0) is 22.1. The van der Waals surface area contributed by atoms with E-state index < -0.39 is 0 Å². The zero-order valence-corrected chi connectivity index (χ0v) is 21.1. The minimum Gasteiger partial charge on any atom is -0.392 e. The molecule has 0 heterocycles. The van der Waals surface area contributed by atoms with Crippen molar-refractivity contribution in [3.63, 3.8) is 0 Å². The highest BCUT2D eigenvalue weighted by molar-refractivity contribution is 5.04. The van der Waals surface area contributed by atoms with Gasteiger partial charge in [0.15, 0.2) is 0 Å². The van der Waals surface area contributed by atoms with E-state index in [1.807, 2.05) is 13.8 Å². The summed E-state index contributed by atoms with van der Waals surface area (Å²) in [4.78, 5) is 0. The Morgan fingerprint density at radius 1 is 1.03 bits per heavy atom. The molecule has 3 aliphatic rings. The lowest BCUT2D eigenvalue weighted by Gasteiger charge is -2.61. The minimum atomic E-state index is 0. The molecule has 3 aliphatic carbocycles. The fourth-order valence-corrected chi connectivity index (χ4v) is 7.00. The lowest BCUT2D eigenvalue weighted by Crippen LogP contribution is -2.52. The number of aliphatic hydroxyl groups is 1. The highest BCUT2D eigenvalue weighted by Crippen LogP contribution is 2.63. The van der Waals surface area contributed by atoms with Gasteiger partial charge < -0.3 is 5.11 Å². The molecule has 180 valence electrons. The number of hydrogen-bond acceptors (Lipinski definition) is 1. The van der Waals surface area contributed by atoms with Crippen molar-refractivity contribution in [1.82, 2.24) is 0 Å². The average Bonchev–Trinajstić information content (AvgIpc) is 2.75. The van der Waals surface area contributed by atoms with Crippen molar-refractivity contribution < 1.29 is 5.11 Å². The van der Waals surface area contributed by atoms with Gasteiger partial charge in [0.1, 0.15) is 0 Å². The van der Waals surface area contributed by atoms with E-state index in [0.29, 0.717) is 10.8 Å². The molecule has 0 saturated heterocycles. The molecule has 0 radical (unpaired) electrons. The zero-order valence-electron chi connectivity index (χ0n) is 21.1. The van der Waals surface area contributed by atoms with Crippen molar-refractivity contribution in [1.29, 1.82) is 0 Å². The van der Waals surface area contributed by atoms with Gasteiger partial charge in [-0.25, -0.2) is 0 Å². The molecule has 3 saturated carbocycles. The molecule has 7 unspecified atom stereocenters. The molecule has 0 aliphatic heterocycles. The summed E-state index contributed by atoms with van der Waals surface area (Å²) in [5.74, 6) is 5.02. The number of aliphatic hydroxyl groups excluding tert-OH is 1. The summed E-state index contributed by atoms with van der Waals surface area (Å²) in [5.41, 5.74) is 1.34. The monoisotopic (exact) mass is 422 g/mol. The quantitative estimate of drug-likeness (QED) is 0.437. The smallest absolute Gasteiger partial charge is 0.0609 e. The van der Waals surface area contributed by atoms with Crippen molar-refractivity contribution in [2.24, 2.45) is 40.4 Å². The molecule has 1 N–H and O–H groups in total. The van der Waals surface area contributed by atoms with Gasteiger partial charge in [-0.2, -0.15) is 0 Å². The maximum absolute atomic E-state index is 7.76. The molecule has 1 nitrogen and oxygen atoms in total. The van der Waals surface area contributed by atoms with E-state index in [1.54, 1.807) is 19.3 Å². The van der Waals surface area contributed by atoms with Gasteiger partial charge in [0.25, 0.3) is 0 Å². The Morgan fingerprint density at radius 2 is 1.67 bits per heavy atom. The third-order valence-corrected chi connectivity index (χ3v) is 9.38. The topological polar surface area (TPSA) is 20.2 Å². The Bertz CT molecular complexity index is 457. The van der Waals surface area contributed by atoms with Crippen molar-refractivity contribution >= 4 is 0 Å². The van der Waals surface area contributed by atoms with E-state index in [9.17, 15) is 0 Å². The van der Waals surface area contributed by atoms with Gasteiger partial charge in [-0.3, -0.25) is 0 Å². The maximum Gasteiger partial charge on any atom is 0.0609 e. The fourth-order valence-electron chi connectivity index (χ4n) is 7.00. The van der Waals surface area contributed by atoms with Crippen LogP contribution in [0.4, 0.5) is 0 Å². The Morgan fingerprint density at radius 3 is 2.23 bits per heavy atom. The van der Waals surface area contributed by atoms with Crippen LogP contribution in [0.3, 0.4) is 0 Å². The van der Waals surface area contributed by atoms with E-state index in [0.717, 1.165) is 29.6 Å². The molecule has 0 amide bonds. The van der Waals surface area contributed by atoms with Crippen LogP contribution >= 0.6 is 0 Å². The summed E-state index contributed by atoms with van der Waals surface area (Å²) >= 11 is 0. The highest BCUT2D eigenvalue weighted by atomic mass is 16.2. The standard InChI is InChI=1S/C23H42.C3H6O.C2H6.CH4/c1-6-17(2)12-16-23(5)18(3)10-11-19-20-9-7-8-14-22(20,4)15-13-21(19)23;1-2-3-4;1-2;/h17-21H,6-16H2,1-5H3;2,4H,1,3H2;1-2H3;1H4. The largest absolute Gasteiger partial charge is 0.392 e. The van der Waals surface area contributed by atoms with E-state index in [2.05, 4.69) is 41.2 Å². The molecular formula is C29H58O. The van der Waals surface area contributed by atoms with Crippen molar-refractivity contribution in [2.75, 3.05) is 6.61 Å². The minimum absolute atomic E-state index is 0. The Balaban J connectivity index is 0.00000108. The van der Waals surface area contributed by atoms with Gasteiger partial charge in [-0.15, -0.1) is 6.58 Å². The van der Waals surface area contributed by atoms with Gasteiger partial charge in [-0.1, -0.05) is 87.7 Å². The molecule has 30 heavy (non-hydrogen) atoms. The van der Waals surface area contributed by atoms with Crippen LogP contribution in [0.2, 0.25) is 0 Å². The van der Waals surface area contributed by atoms with E-state index in [4.69, 9.17) is 5.11 Å². The number of fused-ring (bicyclic) bond motifs is 3. The third kappa shape index (κ3) is 6.85. The van der Waals surface area contributed by atoms with E-state index in [-0.39, 0.29) is 14.0 Å². The molecule has 3 fully saturated rings. The Kier molecular flexibility index (Phi) is 13.8. The number of rotatable bonds is 5. The van der Waals surface area contributed by atoms with Gasteiger partial charge >= 0.3 is 0 Å². The first-order chi connectivity index (χ1) is 13.8. The van der Waals surface area contributed by atoms with Crippen LogP contribution in [-0.4, -0.2) is 11.7 Å². The highest BCUT2D eigenvalue weighted by Gasteiger charge is 2.54. The first-order valence-electron chi connectivity index (χ1n) is 13.0. The first kappa shape index (κ1) is 29.7. The summed E-state index contributed by atoms with van der Waals surface area (Å²) in [6.07, 6.45) is 18.0. The van der Waals surface area contributed by atoms with Crippen LogP contribution in [-0.2, 0) is 0 Å². The normalized spacial score (nSPS) is 38.1. The van der Waals surface area contributed by atoms with Crippen LogP contribution in [0, 0.1) is 40.4 Å². The van der Waals surface area contributed by atoms with Gasteiger partial charge in [0.05, 0.1) is 6.61 Å². The summed E-state index contributed by atoms with van der Waals surface area (Å²) in [7, 11) is 0. The molecule has 0 aromatic heterocycles. The van der Waals surface area contributed by atoms with Gasteiger partial charge in [-0.05, 0) is 85.4 Å². The molecule has 3 rings (SSSR count). The molecule has 7 atom stereocenters. The van der Waals surface area contributed by atoms with Gasteiger partial charge in [0, 0.05) is 0 Å². The Labute approximate surface area is 191 Å². The van der Waals surface area contributed by atoms with Gasteiger partial charge in [0.2, 0.25) is 0 Å². The second kappa shape index (κ2) is 14.0. The fraction of sp³-hybridized carbons (Fsp3) is 0.931. The molecule has 0 aromatic carbocycles. The van der Waals surface area contributed by atoms with Crippen LogP contribution in [0.5, 0.6) is 0 Å². The lowest BCUT2D eigenvalue weighted by atomic mass is 9.44. The van der Waals surface area contributed by atoms with Crippen molar-refractivity contribution in [3.8, 4) is 0 Å². The second-order valence-corrected chi connectivity index (χ2v) is 10.8. The summed E-state index contributed by atoms with van der Waals surface area (Å²) < 4.78 is 0. The van der Waals surface area contributed by atoms with Crippen molar-refractivity contribution in [3.05, 3.63) is 12.7 Å². The molecule has 0 spiro atoms. The average molecular weight is 423 g/mol. The third-order valence-electron chi connectivity index (χ3n) is 9.38. The predicted octanol–water partition coefficient (Wildman–Crippen LogP) is 9.30. The first-order valence-corrected chi connectivity index (χ1v) is 13.0. The molecule has 0 aromatic rings.